The molecule has 0 bridgehead atoms. The molecule has 1 amide bonds. The second kappa shape index (κ2) is 8.10. The number of carbonyl (C=O) groups excluding carboxylic acids is 1. The van der Waals surface area contributed by atoms with E-state index in [0.29, 0.717) is 29.7 Å². The van der Waals surface area contributed by atoms with Crippen molar-refractivity contribution in [3.05, 3.63) is 23.7 Å². The highest BCUT2D eigenvalue weighted by atomic mass is 16.3. The van der Waals surface area contributed by atoms with E-state index in [1.807, 2.05) is 4.90 Å². The third-order valence-electron chi connectivity index (χ3n) is 3.34. The molecule has 0 aromatic carbocycles. The van der Waals surface area contributed by atoms with Crippen LogP contribution >= 0.6 is 0 Å². The normalized spacial score (nSPS) is 11.3. The third kappa shape index (κ3) is 5.37. The van der Waals surface area contributed by atoms with E-state index in [1.54, 1.807) is 6.07 Å². The van der Waals surface area contributed by atoms with Crippen molar-refractivity contribution >= 4 is 5.91 Å². The molecule has 0 saturated heterocycles. The molecule has 0 spiro atoms. The van der Waals surface area contributed by atoms with Crippen molar-refractivity contribution in [2.75, 3.05) is 13.1 Å². The molecule has 0 unspecified atom stereocenters. The topological polar surface area (TPSA) is 59.5 Å². The molecule has 4 heteroatoms. The van der Waals surface area contributed by atoms with Gasteiger partial charge >= 0.3 is 0 Å². The van der Waals surface area contributed by atoms with E-state index in [0.717, 1.165) is 25.9 Å². The van der Waals surface area contributed by atoms with E-state index in [4.69, 9.17) is 10.2 Å². The minimum absolute atomic E-state index is 0.0507. The number of nitrogens with two attached hydrogens (primary N) is 1. The molecule has 0 aliphatic carbocycles. The van der Waals surface area contributed by atoms with Crippen molar-refractivity contribution in [2.24, 2.45) is 17.6 Å². The molecule has 1 aromatic heterocycles. The van der Waals surface area contributed by atoms with Crippen molar-refractivity contribution in [1.82, 2.24) is 4.90 Å². The minimum Gasteiger partial charge on any atom is -0.467 e. The third-order valence-corrected chi connectivity index (χ3v) is 3.34. The van der Waals surface area contributed by atoms with E-state index in [9.17, 15) is 4.79 Å². The smallest absolute Gasteiger partial charge is 0.257 e. The number of hydrogen-bond donors (Lipinski definition) is 1. The number of rotatable bonds is 8. The number of carbonyl (C=O) groups is 1. The zero-order valence-electron chi connectivity index (χ0n) is 13.2. The summed E-state index contributed by atoms with van der Waals surface area (Å²) >= 11 is 0. The lowest BCUT2D eigenvalue weighted by Crippen LogP contribution is -2.34. The minimum atomic E-state index is 0.0507. The molecule has 20 heavy (non-hydrogen) atoms. The van der Waals surface area contributed by atoms with Gasteiger partial charge in [-0.25, -0.2) is 0 Å². The van der Waals surface area contributed by atoms with Gasteiger partial charge in [-0.15, -0.1) is 0 Å². The van der Waals surface area contributed by atoms with Crippen LogP contribution in [-0.4, -0.2) is 23.9 Å². The maximum Gasteiger partial charge on any atom is 0.257 e. The summed E-state index contributed by atoms with van der Waals surface area (Å²) in [6.07, 6.45) is 3.55. The standard InChI is InChI=1S/C16H28N2O2/c1-12(2)5-7-18(8-6-13(3)4)16(19)14-9-15(10-17)20-11-14/h9,11-13H,5-8,10,17H2,1-4H3. The van der Waals surface area contributed by atoms with Gasteiger partial charge in [-0.1, -0.05) is 27.7 Å². The van der Waals surface area contributed by atoms with Gasteiger partial charge in [-0.2, -0.15) is 0 Å². The maximum atomic E-state index is 12.5. The van der Waals surface area contributed by atoms with Gasteiger partial charge < -0.3 is 15.1 Å². The summed E-state index contributed by atoms with van der Waals surface area (Å²) in [5.41, 5.74) is 6.13. The summed E-state index contributed by atoms with van der Waals surface area (Å²) in [5, 5.41) is 0. The van der Waals surface area contributed by atoms with Crippen LogP contribution in [0.3, 0.4) is 0 Å². The highest BCUT2D eigenvalue weighted by Crippen LogP contribution is 2.14. The molecule has 4 nitrogen and oxygen atoms in total. The Kier molecular flexibility index (Phi) is 6.79. The van der Waals surface area contributed by atoms with Crippen LogP contribution in [0.2, 0.25) is 0 Å². The van der Waals surface area contributed by atoms with Gasteiger partial charge in [0.1, 0.15) is 12.0 Å². The number of hydrogen-bond acceptors (Lipinski definition) is 3. The Morgan fingerprint density at radius 3 is 2.15 bits per heavy atom. The van der Waals surface area contributed by atoms with E-state index >= 15 is 0 Å². The molecule has 0 fully saturated rings. The predicted molar refractivity (Wildman–Crippen MR) is 81.4 cm³/mol. The van der Waals surface area contributed by atoms with E-state index in [1.165, 1.54) is 6.26 Å². The molecule has 0 atom stereocenters. The lowest BCUT2D eigenvalue weighted by Gasteiger charge is -2.24. The fourth-order valence-electron chi connectivity index (χ4n) is 1.93. The van der Waals surface area contributed by atoms with Crippen molar-refractivity contribution < 1.29 is 9.21 Å². The average molecular weight is 280 g/mol. The Labute approximate surface area is 122 Å². The summed E-state index contributed by atoms with van der Waals surface area (Å²) in [6, 6.07) is 1.75. The predicted octanol–water partition coefficient (Wildman–Crippen LogP) is 3.27. The van der Waals surface area contributed by atoms with Gasteiger partial charge in [0.05, 0.1) is 12.1 Å². The van der Waals surface area contributed by atoms with Crippen LogP contribution < -0.4 is 5.73 Å². The van der Waals surface area contributed by atoms with Crippen LogP contribution in [0.25, 0.3) is 0 Å². The van der Waals surface area contributed by atoms with Crippen LogP contribution in [-0.2, 0) is 6.54 Å². The first-order valence-electron chi connectivity index (χ1n) is 7.50. The average Bonchev–Trinajstić information content (AvgIpc) is 2.86. The zero-order valence-corrected chi connectivity index (χ0v) is 13.2. The molecular weight excluding hydrogens is 252 g/mol. The first-order valence-corrected chi connectivity index (χ1v) is 7.50. The molecule has 114 valence electrons. The quantitative estimate of drug-likeness (QED) is 0.795. The van der Waals surface area contributed by atoms with Gasteiger partial charge in [0.2, 0.25) is 0 Å². The highest BCUT2D eigenvalue weighted by molar-refractivity contribution is 5.94. The zero-order chi connectivity index (χ0) is 15.1. The monoisotopic (exact) mass is 280 g/mol. The highest BCUT2D eigenvalue weighted by Gasteiger charge is 2.18. The number of nitrogens with zero attached hydrogens (tertiary/aromatic N) is 1. The second-order valence-electron chi connectivity index (χ2n) is 6.16. The molecule has 0 aliphatic rings. The van der Waals surface area contributed by atoms with Gasteiger partial charge in [-0.05, 0) is 30.7 Å². The van der Waals surface area contributed by atoms with E-state index in [2.05, 4.69) is 27.7 Å². The number of amides is 1. The summed E-state index contributed by atoms with van der Waals surface area (Å²) in [5.74, 6) is 1.89. The van der Waals surface area contributed by atoms with Crippen molar-refractivity contribution in [3.8, 4) is 0 Å². The van der Waals surface area contributed by atoms with Gasteiger partial charge in [0, 0.05) is 13.1 Å². The Balaban J connectivity index is 2.71. The van der Waals surface area contributed by atoms with E-state index in [-0.39, 0.29) is 5.91 Å². The summed E-state index contributed by atoms with van der Waals surface area (Å²) in [7, 11) is 0. The molecule has 0 radical (unpaired) electrons. The fourth-order valence-corrected chi connectivity index (χ4v) is 1.93. The largest absolute Gasteiger partial charge is 0.467 e. The molecular formula is C16H28N2O2. The van der Waals surface area contributed by atoms with Crippen LogP contribution in [0.5, 0.6) is 0 Å². The van der Waals surface area contributed by atoms with Crippen molar-refractivity contribution in [1.29, 1.82) is 0 Å². The molecule has 1 aromatic rings. The van der Waals surface area contributed by atoms with Crippen LogP contribution in [0, 0.1) is 11.8 Å². The Hall–Kier alpha value is -1.29. The lowest BCUT2D eigenvalue weighted by atomic mass is 10.1. The van der Waals surface area contributed by atoms with E-state index < -0.39 is 0 Å². The van der Waals surface area contributed by atoms with Gasteiger partial charge in [0.15, 0.2) is 0 Å². The van der Waals surface area contributed by atoms with Crippen molar-refractivity contribution in [3.63, 3.8) is 0 Å². The molecule has 1 rings (SSSR count). The molecule has 0 saturated carbocycles. The second-order valence-corrected chi connectivity index (χ2v) is 6.16. The number of furan rings is 1. The first-order chi connectivity index (χ1) is 9.43. The Morgan fingerprint density at radius 1 is 1.20 bits per heavy atom. The summed E-state index contributed by atoms with van der Waals surface area (Å²) in [4.78, 5) is 14.5. The molecule has 1 heterocycles. The Morgan fingerprint density at radius 2 is 1.75 bits per heavy atom. The van der Waals surface area contributed by atoms with Crippen LogP contribution in [0.1, 0.15) is 56.7 Å². The maximum absolute atomic E-state index is 12.5. The van der Waals surface area contributed by atoms with Crippen LogP contribution in [0.15, 0.2) is 16.7 Å². The summed E-state index contributed by atoms with van der Waals surface area (Å²) in [6.45, 7) is 10.6. The first kappa shape index (κ1) is 16.8. The molecule has 2 N–H and O–H groups in total. The van der Waals surface area contributed by atoms with Crippen LogP contribution in [0.4, 0.5) is 0 Å². The SMILES string of the molecule is CC(C)CCN(CCC(C)C)C(=O)c1coc(CN)c1. The van der Waals surface area contributed by atoms with Crippen molar-refractivity contribution in [2.45, 2.75) is 47.1 Å². The lowest BCUT2D eigenvalue weighted by molar-refractivity contribution is 0.0740. The van der Waals surface area contributed by atoms with Gasteiger partial charge in [0.25, 0.3) is 5.91 Å². The molecule has 0 aliphatic heterocycles. The van der Waals surface area contributed by atoms with Gasteiger partial charge in [-0.3, -0.25) is 4.79 Å². The Bertz CT molecular complexity index is 398. The fraction of sp³-hybridized carbons (Fsp3) is 0.688. The summed E-state index contributed by atoms with van der Waals surface area (Å²) < 4.78 is 5.26.